The van der Waals surface area contributed by atoms with E-state index in [4.69, 9.17) is 0 Å². The highest BCUT2D eigenvalue weighted by molar-refractivity contribution is 7.09. The molecule has 5 heteroatoms. The lowest BCUT2D eigenvalue weighted by Gasteiger charge is -2.21. The minimum absolute atomic E-state index is 0.393. The highest BCUT2D eigenvalue weighted by atomic mass is 32.1. The Labute approximate surface area is 109 Å². The summed E-state index contributed by atoms with van der Waals surface area (Å²) < 4.78 is 4.62. The Bertz CT molecular complexity index is 532. The minimum Gasteiger partial charge on any atom is -0.465 e. The molecular weight excluding hydrogens is 250 g/mol. The van der Waals surface area contributed by atoms with Gasteiger partial charge in [-0.3, -0.25) is 0 Å². The second kappa shape index (κ2) is 4.88. The Morgan fingerprint density at radius 2 is 2.06 bits per heavy atom. The molecule has 1 N–H and O–H groups in total. The van der Waals surface area contributed by atoms with Gasteiger partial charge < -0.3 is 9.84 Å². The van der Waals surface area contributed by atoms with Crippen LogP contribution in [0.15, 0.2) is 35.8 Å². The molecule has 94 valence electrons. The summed E-state index contributed by atoms with van der Waals surface area (Å²) in [5.74, 6) is -0.393. The number of aliphatic hydroxyl groups is 1. The second-order valence-corrected chi connectivity index (χ2v) is 4.87. The van der Waals surface area contributed by atoms with Crippen LogP contribution in [0.3, 0.4) is 0 Å². The molecular formula is C13H13NO3S. The number of nitrogens with zero attached hydrogens (tertiary/aromatic N) is 1. The Hall–Kier alpha value is -1.72. The van der Waals surface area contributed by atoms with Crippen molar-refractivity contribution >= 4 is 17.3 Å². The van der Waals surface area contributed by atoms with E-state index in [0.29, 0.717) is 16.1 Å². The lowest BCUT2D eigenvalue weighted by Crippen LogP contribution is -2.22. The largest absolute Gasteiger partial charge is 0.465 e. The first-order valence-corrected chi connectivity index (χ1v) is 6.25. The van der Waals surface area contributed by atoms with Crippen LogP contribution in [0, 0.1) is 0 Å². The topological polar surface area (TPSA) is 59.4 Å². The summed E-state index contributed by atoms with van der Waals surface area (Å²) in [5.41, 5.74) is -0.00990. The summed E-state index contributed by atoms with van der Waals surface area (Å²) in [6.07, 6.45) is 1.65. The molecule has 4 nitrogen and oxygen atoms in total. The third-order valence-corrected chi connectivity index (χ3v) is 3.70. The Kier molecular flexibility index (Phi) is 3.45. The van der Waals surface area contributed by atoms with Crippen molar-refractivity contribution < 1.29 is 14.6 Å². The van der Waals surface area contributed by atoms with Gasteiger partial charge in [0.25, 0.3) is 0 Å². The molecule has 2 rings (SSSR count). The predicted molar refractivity (Wildman–Crippen MR) is 68.6 cm³/mol. The summed E-state index contributed by atoms with van der Waals surface area (Å²) in [6, 6.07) is 6.66. The molecule has 1 heterocycles. The maximum atomic E-state index is 11.3. The van der Waals surface area contributed by atoms with Gasteiger partial charge in [0.05, 0.1) is 12.7 Å². The normalized spacial score (nSPS) is 13.9. The smallest absolute Gasteiger partial charge is 0.337 e. The number of aromatic nitrogens is 1. The van der Waals surface area contributed by atoms with Crippen molar-refractivity contribution in [2.45, 2.75) is 12.5 Å². The predicted octanol–water partition coefficient (Wildman–Crippen LogP) is 2.19. The van der Waals surface area contributed by atoms with E-state index >= 15 is 0 Å². The second-order valence-electron chi connectivity index (χ2n) is 3.98. The van der Waals surface area contributed by atoms with Gasteiger partial charge in [0.1, 0.15) is 10.6 Å². The zero-order valence-electron chi connectivity index (χ0n) is 10.1. The van der Waals surface area contributed by atoms with Crippen molar-refractivity contribution in [2.75, 3.05) is 7.11 Å². The number of carbonyl (C=O) groups is 1. The highest BCUT2D eigenvalue weighted by Gasteiger charge is 2.28. The number of methoxy groups -OCH3 is 1. The lowest BCUT2D eigenvalue weighted by molar-refractivity contribution is 0.0600. The van der Waals surface area contributed by atoms with Gasteiger partial charge in [0.2, 0.25) is 0 Å². The van der Waals surface area contributed by atoms with Crippen molar-refractivity contribution in [2.24, 2.45) is 0 Å². The number of rotatable bonds is 3. The fraction of sp³-hybridized carbons (Fsp3) is 0.231. The molecule has 18 heavy (non-hydrogen) atoms. The van der Waals surface area contributed by atoms with Crippen molar-refractivity contribution in [3.63, 3.8) is 0 Å². The van der Waals surface area contributed by atoms with Crippen LogP contribution >= 0.6 is 11.3 Å². The van der Waals surface area contributed by atoms with Gasteiger partial charge in [-0.05, 0) is 24.6 Å². The fourth-order valence-corrected chi connectivity index (χ4v) is 2.36. The molecule has 0 fully saturated rings. The molecule has 0 saturated carbocycles. The monoisotopic (exact) mass is 263 g/mol. The van der Waals surface area contributed by atoms with Crippen LogP contribution in [0.5, 0.6) is 0 Å². The third-order valence-electron chi connectivity index (χ3n) is 2.72. The number of ether oxygens (including phenoxy) is 1. The molecule has 0 bridgehead atoms. The van der Waals surface area contributed by atoms with Crippen LogP contribution in [0.1, 0.15) is 27.9 Å². The number of esters is 1. The van der Waals surface area contributed by atoms with E-state index in [2.05, 4.69) is 9.72 Å². The summed E-state index contributed by atoms with van der Waals surface area (Å²) in [7, 11) is 1.34. The Morgan fingerprint density at radius 1 is 1.39 bits per heavy atom. The molecule has 0 aliphatic carbocycles. The summed E-state index contributed by atoms with van der Waals surface area (Å²) >= 11 is 1.39. The summed E-state index contributed by atoms with van der Waals surface area (Å²) in [6.45, 7) is 1.68. The molecule has 0 saturated heterocycles. The SMILES string of the molecule is COC(=O)c1ccc([C@@](C)(O)c2nccs2)cc1. The number of thiazole rings is 1. The average Bonchev–Trinajstić information content (AvgIpc) is 2.92. The molecule has 0 unspecified atom stereocenters. The first kappa shape index (κ1) is 12.7. The summed E-state index contributed by atoms with van der Waals surface area (Å²) in [4.78, 5) is 15.4. The van der Waals surface area contributed by atoms with Crippen molar-refractivity contribution in [1.82, 2.24) is 4.98 Å². The van der Waals surface area contributed by atoms with Gasteiger partial charge >= 0.3 is 5.97 Å². The van der Waals surface area contributed by atoms with Gasteiger partial charge in [-0.25, -0.2) is 9.78 Å². The van der Waals surface area contributed by atoms with E-state index < -0.39 is 11.6 Å². The number of hydrogen-bond acceptors (Lipinski definition) is 5. The van der Waals surface area contributed by atoms with Gasteiger partial charge in [-0.2, -0.15) is 0 Å². The third kappa shape index (κ3) is 2.27. The molecule has 1 aromatic carbocycles. The molecule has 0 aliphatic rings. The van der Waals surface area contributed by atoms with E-state index in [9.17, 15) is 9.90 Å². The van der Waals surface area contributed by atoms with E-state index in [1.807, 2.05) is 5.38 Å². The summed E-state index contributed by atoms with van der Waals surface area (Å²) in [5, 5.41) is 12.9. The Balaban J connectivity index is 2.32. The van der Waals surface area contributed by atoms with Crippen LogP contribution in [0.25, 0.3) is 0 Å². The van der Waals surface area contributed by atoms with Gasteiger partial charge in [0, 0.05) is 11.6 Å². The van der Waals surface area contributed by atoms with Crippen LogP contribution < -0.4 is 0 Å². The maximum Gasteiger partial charge on any atom is 0.337 e. The van der Waals surface area contributed by atoms with Crippen molar-refractivity contribution in [1.29, 1.82) is 0 Å². The molecule has 1 aromatic heterocycles. The Morgan fingerprint density at radius 3 is 2.56 bits per heavy atom. The van der Waals surface area contributed by atoms with E-state index in [1.165, 1.54) is 18.4 Å². The van der Waals surface area contributed by atoms with Crippen molar-refractivity contribution in [3.05, 3.63) is 52.0 Å². The van der Waals surface area contributed by atoms with Crippen LogP contribution in [0.4, 0.5) is 0 Å². The van der Waals surface area contributed by atoms with Crippen molar-refractivity contribution in [3.8, 4) is 0 Å². The first-order chi connectivity index (χ1) is 8.55. The lowest BCUT2D eigenvalue weighted by atomic mass is 9.96. The standard InChI is InChI=1S/C13H13NO3S/c1-13(16,12-14-7-8-18-12)10-5-3-9(4-6-10)11(15)17-2/h3-8,16H,1-2H3/t13-/m1/s1. The highest BCUT2D eigenvalue weighted by Crippen LogP contribution is 2.30. The molecule has 0 aliphatic heterocycles. The van der Waals surface area contributed by atoms with E-state index in [-0.39, 0.29) is 0 Å². The minimum atomic E-state index is -1.15. The van der Waals surface area contributed by atoms with Crippen LogP contribution in [-0.2, 0) is 10.3 Å². The quantitative estimate of drug-likeness (QED) is 0.862. The molecule has 1 atom stereocenters. The molecule has 0 radical (unpaired) electrons. The first-order valence-electron chi connectivity index (χ1n) is 5.37. The van der Waals surface area contributed by atoms with Gasteiger partial charge in [0.15, 0.2) is 0 Å². The van der Waals surface area contributed by atoms with E-state index in [0.717, 1.165) is 0 Å². The zero-order chi connectivity index (χ0) is 13.2. The van der Waals surface area contributed by atoms with E-state index in [1.54, 1.807) is 37.4 Å². The molecule has 0 amide bonds. The van der Waals surface area contributed by atoms with Crippen LogP contribution in [-0.4, -0.2) is 23.2 Å². The fourth-order valence-electron chi connectivity index (χ4n) is 1.64. The number of benzene rings is 1. The molecule has 0 spiro atoms. The number of hydrogen-bond donors (Lipinski definition) is 1. The maximum absolute atomic E-state index is 11.3. The molecule has 2 aromatic rings. The number of carbonyl (C=O) groups excluding carboxylic acids is 1. The zero-order valence-corrected chi connectivity index (χ0v) is 10.9. The van der Waals surface area contributed by atoms with Crippen LogP contribution in [0.2, 0.25) is 0 Å². The van der Waals surface area contributed by atoms with Gasteiger partial charge in [-0.1, -0.05) is 12.1 Å². The average molecular weight is 263 g/mol. The van der Waals surface area contributed by atoms with Gasteiger partial charge in [-0.15, -0.1) is 11.3 Å².